The Bertz CT molecular complexity index is 1830. The molecule has 0 aliphatic carbocycles. The molecule has 0 atom stereocenters. The van der Waals surface area contributed by atoms with Gasteiger partial charge in [-0.05, 0) is 77.4 Å². The SMILES string of the molecule is Cc1ccc2ccccc2c1COc1ccc(/C=C(\C#N)C(=O)Nc2ccc(OCc3ccccc3Cl)cc2)cc1Cl. The Balaban J connectivity index is 1.22. The van der Waals surface area contributed by atoms with E-state index in [1.807, 2.05) is 42.5 Å². The molecule has 0 bridgehead atoms. The van der Waals surface area contributed by atoms with Crippen LogP contribution in [0.1, 0.15) is 22.3 Å². The van der Waals surface area contributed by atoms with Gasteiger partial charge in [-0.1, -0.05) is 83.9 Å². The van der Waals surface area contributed by atoms with Crippen molar-refractivity contribution in [2.24, 2.45) is 0 Å². The van der Waals surface area contributed by atoms with Crippen LogP contribution in [0.3, 0.4) is 0 Å². The highest BCUT2D eigenvalue weighted by molar-refractivity contribution is 6.32. The molecule has 0 spiro atoms. The van der Waals surface area contributed by atoms with Crippen LogP contribution >= 0.6 is 23.2 Å². The van der Waals surface area contributed by atoms with E-state index in [4.69, 9.17) is 32.7 Å². The monoisotopic (exact) mass is 592 g/mol. The molecule has 0 fully saturated rings. The summed E-state index contributed by atoms with van der Waals surface area (Å²) < 4.78 is 11.9. The first-order valence-electron chi connectivity index (χ1n) is 13.2. The summed E-state index contributed by atoms with van der Waals surface area (Å²) in [6.45, 7) is 2.74. The van der Waals surface area contributed by atoms with Gasteiger partial charge < -0.3 is 14.8 Å². The minimum absolute atomic E-state index is 0.0647. The number of carbonyl (C=O) groups excluding carboxylic acids is 1. The molecule has 1 N–H and O–H groups in total. The molecule has 208 valence electrons. The number of nitrogens with one attached hydrogen (secondary N) is 1. The summed E-state index contributed by atoms with van der Waals surface area (Å²) >= 11 is 12.7. The summed E-state index contributed by atoms with van der Waals surface area (Å²) in [7, 11) is 0. The Morgan fingerprint density at radius 1 is 0.857 bits per heavy atom. The minimum Gasteiger partial charge on any atom is -0.489 e. The molecule has 0 aromatic heterocycles. The minimum atomic E-state index is -0.537. The standard InChI is InChI=1S/C35H26Cl2N2O3/c1-23-10-12-25-6-2-4-8-30(25)31(23)22-42-34-17-11-24(19-33(34)37)18-27(20-38)35(40)39-28-13-15-29(16-14-28)41-21-26-7-3-5-9-32(26)36/h2-19H,21-22H2,1H3,(H,39,40)/b27-18+. The van der Waals surface area contributed by atoms with Crippen molar-refractivity contribution in [3.8, 4) is 17.6 Å². The molecule has 7 heteroatoms. The van der Waals surface area contributed by atoms with Crippen molar-refractivity contribution in [3.05, 3.63) is 141 Å². The maximum Gasteiger partial charge on any atom is 0.266 e. The number of rotatable bonds is 9. The van der Waals surface area contributed by atoms with Crippen LogP contribution in [0.2, 0.25) is 10.0 Å². The first kappa shape index (κ1) is 28.8. The van der Waals surface area contributed by atoms with Gasteiger partial charge in [0.05, 0.1) is 5.02 Å². The van der Waals surface area contributed by atoms with Crippen molar-refractivity contribution in [2.45, 2.75) is 20.1 Å². The van der Waals surface area contributed by atoms with Gasteiger partial charge in [0, 0.05) is 21.8 Å². The molecule has 5 aromatic carbocycles. The van der Waals surface area contributed by atoms with Crippen LogP contribution < -0.4 is 14.8 Å². The van der Waals surface area contributed by atoms with Gasteiger partial charge in [-0.3, -0.25) is 4.79 Å². The number of fused-ring (bicyclic) bond motifs is 1. The summed E-state index contributed by atoms with van der Waals surface area (Å²) in [5.74, 6) is 0.600. The third kappa shape index (κ3) is 6.92. The fourth-order valence-electron chi connectivity index (χ4n) is 4.44. The molecule has 1 amide bonds. The van der Waals surface area contributed by atoms with Crippen molar-refractivity contribution >= 4 is 51.6 Å². The lowest BCUT2D eigenvalue weighted by atomic mass is 10.0. The molecule has 0 radical (unpaired) electrons. The van der Waals surface area contributed by atoms with Crippen LogP contribution in [-0.2, 0) is 18.0 Å². The number of carbonyl (C=O) groups is 1. The van der Waals surface area contributed by atoms with Gasteiger partial charge in [-0.15, -0.1) is 0 Å². The first-order chi connectivity index (χ1) is 20.4. The van der Waals surface area contributed by atoms with Crippen LogP contribution in [0.5, 0.6) is 11.5 Å². The summed E-state index contributed by atoms with van der Waals surface area (Å²) in [4.78, 5) is 12.8. The van der Waals surface area contributed by atoms with E-state index in [0.717, 1.165) is 27.5 Å². The second-order valence-corrected chi connectivity index (χ2v) is 10.4. The molecule has 0 heterocycles. The first-order valence-corrected chi connectivity index (χ1v) is 14.0. The van der Waals surface area contributed by atoms with Crippen molar-refractivity contribution in [2.75, 3.05) is 5.32 Å². The Hall–Kier alpha value is -4.76. The van der Waals surface area contributed by atoms with E-state index in [1.165, 1.54) is 6.08 Å². The number of nitriles is 1. The summed E-state index contributed by atoms with van der Waals surface area (Å²) in [6.07, 6.45) is 1.49. The highest BCUT2D eigenvalue weighted by Crippen LogP contribution is 2.30. The average Bonchev–Trinajstić information content (AvgIpc) is 3.00. The normalized spacial score (nSPS) is 11.1. The Kier molecular flexibility index (Phi) is 9.08. The Morgan fingerprint density at radius 2 is 1.62 bits per heavy atom. The lowest BCUT2D eigenvalue weighted by Crippen LogP contribution is -2.13. The Labute approximate surface area is 254 Å². The van der Waals surface area contributed by atoms with Gasteiger partial charge in [0.1, 0.15) is 36.4 Å². The molecule has 5 aromatic rings. The second-order valence-electron chi connectivity index (χ2n) is 9.59. The van der Waals surface area contributed by atoms with Gasteiger partial charge in [-0.2, -0.15) is 5.26 Å². The van der Waals surface area contributed by atoms with E-state index in [0.29, 0.717) is 46.0 Å². The largest absolute Gasteiger partial charge is 0.489 e. The summed E-state index contributed by atoms with van der Waals surface area (Å²) in [6, 6.07) is 33.8. The van der Waals surface area contributed by atoms with E-state index in [9.17, 15) is 10.1 Å². The van der Waals surface area contributed by atoms with Crippen LogP contribution in [0.15, 0.2) is 109 Å². The number of halogens is 2. The van der Waals surface area contributed by atoms with Gasteiger partial charge in [-0.25, -0.2) is 0 Å². The van der Waals surface area contributed by atoms with E-state index in [2.05, 4.69) is 36.5 Å². The molecule has 0 aliphatic heterocycles. The van der Waals surface area contributed by atoms with Crippen molar-refractivity contribution in [1.29, 1.82) is 5.26 Å². The zero-order valence-corrected chi connectivity index (χ0v) is 24.2. The van der Waals surface area contributed by atoms with E-state index >= 15 is 0 Å². The maximum absolute atomic E-state index is 12.8. The predicted molar refractivity (Wildman–Crippen MR) is 169 cm³/mol. The zero-order valence-electron chi connectivity index (χ0n) is 22.7. The van der Waals surface area contributed by atoms with Gasteiger partial charge in [0.15, 0.2) is 0 Å². The number of aryl methyl sites for hydroxylation is 1. The lowest BCUT2D eigenvalue weighted by Gasteiger charge is -2.13. The van der Waals surface area contributed by atoms with Gasteiger partial charge in [0.25, 0.3) is 5.91 Å². The topological polar surface area (TPSA) is 71.3 Å². The van der Waals surface area contributed by atoms with Crippen molar-refractivity contribution in [3.63, 3.8) is 0 Å². The molecule has 0 unspecified atom stereocenters. The molecule has 0 saturated carbocycles. The van der Waals surface area contributed by atoms with E-state index in [1.54, 1.807) is 42.5 Å². The third-order valence-corrected chi connectivity index (χ3v) is 7.41. The number of nitrogens with zero attached hydrogens (tertiary/aromatic N) is 1. The van der Waals surface area contributed by atoms with Gasteiger partial charge >= 0.3 is 0 Å². The number of benzene rings is 5. The van der Waals surface area contributed by atoms with Gasteiger partial charge in [0.2, 0.25) is 0 Å². The average molecular weight is 594 g/mol. The maximum atomic E-state index is 12.8. The second kappa shape index (κ2) is 13.3. The number of ether oxygens (including phenoxy) is 2. The zero-order chi connectivity index (χ0) is 29.5. The molecule has 5 nitrogen and oxygen atoms in total. The fourth-order valence-corrected chi connectivity index (χ4v) is 4.87. The molecular formula is C35H26Cl2N2O3. The fraction of sp³-hybridized carbons (Fsp3) is 0.0857. The van der Waals surface area contributed by atoms with Crippen molar-refractivity contribution in [1.82, 2.24) is 0 Å². The summed E-state index contributed by atoms with van der Waals surface area (Å²) in [5, 5.41) is 15.7. The number of hydrogen-bond acceptors (Lipinski definition) is 4. The predicted octanol–water partition coefficient (Wildman–Crippen LogP) is 9.16. The third-order valence-electron chi connectivity index (χ3n) is 6.74. The Morgan fingerprint density at radius 3 is 2.38 bits per heavy atom. The van der Waals surface area contributed by atoms with Crippen LogP contribution in [0.4, 0.5) is 5.69 Å². The molecule has 0 aliphatic rings. The van der Waals surface area contributed by atoms with Crippen LogP contribution in [0, 0.1) is 18.3 Å². The molecule has 5 rings (SSSR count). The van der Waals surface area contributed by atoms with Crippen LogP contribution in [0.25, 0.3) is 16.8 Å². The highest BCUT2D eigenvalue weighted by Gasteiger charge is 2.12. The van der Waals surface area contributed by atoms with Crippen molar-refractivity contribution < 1.29 is 14.3 Å². The number of amides is 1. The molecular weight excluding hydrogens is 567 g/mol. The number of hydrogen-bond donors (Lipinski definition) is 1. The lowest BCUT2D eigenvalue weighted by molar-refractivity contribution is -0.112. The smallest absolute Gasteiger partial charge is 0.266 e. The summed E-state index contributed by atoms with van der Waals surface area (Å²) in [5.41, 5.74) is 4.16. The molecule has 42 heavy (non-hydrogen) atoms. The quantitative estimate of drug-likeness (QED) is 0.137. The molecule has 0 saturated heterocycles. The van der Waals surface area contributed by atoms with E-state index in [-0.39, 0.29) is 5.57 Å². The number of anilines is 1. The van der Waals surface area contributed by atoms with Crippen LogP contribution in [-0.4, -0.2) is 5.91 Å². The highest BCUT2D eigenvalue weighted by atomic mass is 35.5. The van der Waals surface area contributed by atoms with E-state index < -0.39 is 5.91 Å².